The second-order valence-electron chi connectivity index (χ2n) is 12.0. The van der Waals surface area contributed by atoms with Crippen molar-refractivity contribution in [2.24, 2.45) is 0 Å². The average molecular weight is 597 g/mol. The lowest BCUT2D eigenvalue weighted by Gasteiger charge is -2.41. The van der Waals surface area contributed by atoms with Gasteiger partial charge in [0.15, 0.2) is 0 Å². The summed E-state index contributed by atoms with van der Waals surface area (Å²) in [5.74, 6) is 0.697. The number of hydrogen-bond acceptors (Lipinski definition) is 9. The molecule has 2 fully saturated rings. The second kappa shape index (κ2) is 12.8. The number of hydrogen-bond donors (Lipinski definition) is 0. The predicted molar refractivity (Wildman–Crippen MR) is 170 cm³/mol. The summed E-state index contributed by atoms with van der Waals surface area (Å²) in [5.41, 5.74) is 4.34. The first-order chi connectivity index (χ1) is 21.4. The van der Waals surface area contributed by atoms with Crippen molar-refractivity contribution in [3.05, 3.63) is 71.5 Å². The molecular weight excluding hydrogens is 556 g/mol. The van der Waals surface area contributed by atoms with Gasteiger partial charge in [0.2, 0.25) is 12.5 Å². The molecule has 1 aromatic carbocycles. The van der Waals surface area contributed by atoms with Crippen molar-refractivity contribution in [3.63, 3.8) is 0 Å². The summed E-state index contributed by atoms with van der Waals surface area (Å²) < 4.78 is 11.7. The standard InChI is InChI=1S/C33H40N8O3/c1-6-30(42)41-13-12-40(17-25(41)15-34-4)32-27-10-11-39(29-16-35-14-24-9-7-8-22(2)31(24)29)18-28(27)36-33(37-32)44-19-23(3)38(5)26-20-43-21-26/h6-9,14,16,23,25-26H,1,10-13,15,17-21H2,2-3,5H3/t23-,25-/m0/s1. The molecule has 0 radical (unpaired) electrons. The summed E-state index contributed by atoms with van der Waals surface area (Å²) in [7, 11) is 2.10. The van der Waals surface area contributed by atoms with E-state index >= 15 is 0 Å². The van der Waals surface area contributed by atoms with Crippen LogP contribution in [0.1, 0.15) is 23.7 Å². The van der Waals surface area contributed by atoms with Gasteiger partial charge in [-0.2, -0.15) is 9.97 Å². The van der Waals surface area contributed by atoms with E-state index in [1.807, 2.05) is 12.4 Å². The summed E-state index contributed by atoms with van der Waals surface area (Å²) >= 11 is 0. The van der Waals surface area contributed by atoms with Gasteiger partial charge in [-0.05, 0) is 39.0 Å². The van der Waals surface area contributed by atoms with E-state index in [4.69, 9.17) is 26.0 Å². The van der Waals surface area contributed by atoms with Crippen LogP contribution in [0.2, 0.25) is 0 Å². The monoisotopic (exact) mass is 596 g/mol. The van der Waals surface area contributed by atoms with Gasteiger partial charge in [-0.15, -0.1) is 0 Å². The van der Waals surface area contributed by atoms with Crippen LogP contribution in [0.5, 0.6) is 6.01 Å². The van der Waals surface area contributed by atoms with Crippen molar-refractivity contribution in [2.45, 2.75) is 44.9 Å². The van der Waals surface area contributed by atoms with E-state index in [1.165, 1.54) is 17.0 Å². The van der Waals surface area contributed by atoms with Gasteiger partial charge in [-0.25, -0.2) is 6.57 Å². The minimum atomic E-state index is -0.245. The molecule has 0 aliphatic carbocycles. The largest absolute Gasteiger partial charge is 0.462 e. The van der Waals surface area contributed by atoms with E-state index in [-0.39, 0.29) is 24.5 Å². The van der Waals surface area contributed by atoms with Crippen LogP contribution in [0, 0.1) is 13.5 Å². The number of pyridine rings is 1. The third kappa shape index (κ3) is 5.79. The number of carbonyl (C=O) groups is 1. The summed E-state index contributed by atoms with van der Waals surface area (Å²) in [6, 6.07) is 6.97. The number of aromatic nitrogens is 3. The fourth-order valence-electron chi connectivity index (χ4n) is 6.41. The molecule has 230 valence electrons. The van der Waals surface area contributed by atoms with Gasteiger partial charge in [0.25, 0.3) is 0 Å². The lowest BCUT2D eigenvalue weighted by atomic mass is 10.0. The van der Waals surface area contributed by atoms with E-state index < -0.39 is 0 Å². The van der Waals surface area contributed by atoms with Crippen molar-refractivity contribution in [1.29, 1.82) is 0 Å². The van der Waals surface area contributed by atoms with Gasteiger partial charge in [0, 0.05) is 54.8 Å². The molecular formula is C33H40N8O3. The first kappa shape index (κ1) is 29.8. The number of piperazine rings is 1. The van der Waals surface area contributed by atoms with Crippen LogP contribution in [0.3, 0.4) is 0 Å². The Morgan fingerprint density at radius 1 is 1.25 bits per heavy atom. The maximum atomic E-state index is 12.6. The van der Waals surface area contributed by atoms with Crippen molar-refractivity contribution < 1.29 is 14.3 Å². The van der Waals surface area contributed by atoms with Crippen LogP contribution in [0.4, 0.5) is 11.5 Å². The lowest BCUT2D eigenvalue weighted by molar-refractivity contribution is -0.128. The number of benzene rings is 1. The highest BCUT2D eigenvalue weighted by Gasteiger charge is 2.35. The van der Waals surface area contributed by atoms with Crippen LogP contribution >= 0.6 is 0 Å². The first-order valence-electron chi connectivity index (χ1n) is 15.3. The normalized spacial score (nSPS) is 19.3. The summed E-state index contributed by atoms with van der Waals surface area (Å²) in [5, 5.41) is 2.33. The summed E-state index contributed by atoms with van der Waals surface area (Å²) in [6.45, 7) is 20.6. The van der Waals surface area contributed by atoms with Gasteiger partial charge < -0.3 is 29.0 Å². The SMILES string of the molecule is [C-]#[N+]C[C@H]1CN(c2nc(OC[C@H](C)N(C)C3COC3)nc3c2CCN(c2cncc4cccc(C)c24)C3)CCN1C(=O)C=C. The quantitative estimate of drug-likeness (QED) is 0.273. The Balaban J connectivity index is 1.32. The molecule has 0 spiro atoms. The molecule has 2 saturated heterocycles. The molecule has 11 nitrogen and oxygen atoms in total. The summed E-state index contributed by atoms with van der Waals surface area (Å²) in [6.07, 6.45) is 5.96. The maximum absolute atomic E-state index is 12.6. The first-order valence-corrected chi connectivity index (χ1v) is 15.3. The molecule has 1 amide bonds. The zero-order chi connectivity index (χ0) is 30.8. The fraction of sp³-hybridized carbons (Fsp3) is 0.485. The Morgan fingerprint density at radius 2 is 2.09 bits per heavy atom. The van der Waals surface area contributed by atoms with Gasteiger partial charge in [0.05, 0.1) is 43.4 Å². The van der Waals surface area contributed by atoms with E-state index in [9.17, 15) is 4.79 Å². The molecule has 11 heteroatoms. The van der Waals surface area contributed by atoms with E-state index in [1.54, 1.807) is 4.90 Å². The number of rotatable bonds is 9. The van der Waals surface area contributed by atoms with Crippen LogP contribution in [-0.4, -0.2) is 108 Å². The Labute approximate surface area is 258 Å². The molecule has 0 saturated carbocycles. The Bertz CT molecular complexity index is 1580. The molecule has 2 atom stereocenters. The third-order valence-corrected chi connectivity index (χ3v) is 9.22. The van der Waals surface area contributed by atoms with Crippen molar-refractivity contribution >= 4 is 28.2 Å². The number of amides is 1. The molecule has 3 aliphatic heterocycles. The molecule has 0 N–H and O–H groups in total. The molecule has 6 rings (SSSR count). The van der Waals surface area contributed by atoms with Gasteiger partial charge >= 0.3 is 6.01 Å². The highest BCUT2D eigenvalue weighted by atomic mass is 16.5. The number of likely N-dealkylation sites (N-methyl/N-ethyl adjacent to an activating group) is 1. The third-order valence-electron chi connectivity index (χ3n) is 9.22. The minimum Gasteiger partial charge on any atom is -0.462 e. The van der Waals surface area contributed by atoms with Crippen molar-refractivity contribution in [3.8, 4) is 6.01 Å². The lowest BCUT2D eigenvalue weighted by Crippen LogP contribution is -2.56. The number of nitrogens with zero attached hydrogens (tertiary/aromatic N) is 8. The number of aryl methyl sites for hydroxylation is 1. The van der Waals surface area contributed by atoms with E-state index in [0.717, 1.165) is 54.3 Å². The molecule has 3 aromatic rings. The maximum Gasteiger partial charge on any atom is 0.318 e. The van der Waals surface area contributed by atoms with Crippen molar-refractivity contribution in [1.82, 2.24) is 24.8 Å². The van der Waals surface area contributed by atoms with Crippen LogP contribution in [-0.2, 0) is 22.5 Å². The average Bonchev–Trinajstić information content (AvgIpc) is 3.01. The molecule has 5 heterocycles. The Morgan fingerprint density at radius 3 is 2.84 bits per heavy atom. The molecule has 0 bridgehead atoms. The molecule has 3 aliphatic rings. The molecule has 0 unspecified atom stereocenters. The van der Waals surface area contributed by atoms with Gasteiger partial charge in [0.1, 0.15) is 18.5 Å². The predicted octanol–water partition coefficient (Wildman–Crippen LogP) is 3.12. The number of ether oxygens (including phenoxy) is 2. The number of anilines is 2. The molecule has 44 heavy (non-hydrogen) atoms. The highest BCUT2D eigenvalue weighted by Crippen LogP contribution is 2.35. The fourth-order valence-corrected chi connectivity index (χ4v) is 6.41. The van der Waals surface area contributed by atoms with Crippen LogP contribution in [0.25, 0.3) is 15.6 Å². The van der Waals surface area contributed by atoms with Crippen LogP contribution < -0.4 is 14.5 Å². The molecule has 2 aromatic heterocycles. The second-order valence-corrected chi connectivity index (χ2v) is 12.0. The zero-order valence-electron chi connectivity index (χ0n) is 25.8. The van der Waals surface area contributed by atoms with Crippen LogP contribution in [0.15, 0.2) is 43.2 Å². The van der Waals surface area contributed by atoms with E-state index in [0.29, 0.717) is 44.8 Å². The number of carbonyl (C=O) groups excluding carboxylic acids is 1. The van der Waals surface area contributed by atoms with E-state index in [2.05, 4.69) is 70.2 Å². The van der Waals surface area contributed by atoms with Crippen molar-refractivity contribution in [2.75, 3.05) is 69.4 Å². The summed E-state index contributed by atoms with van der Waals surface area (Å²) in [4.78, 5) is 39.3. The minimum absolute atomic E-state index is 0.142. The number of fused-ring (bicyclic) bond motifs is 2. The van der Waals surface area contributed by atoms with Gasteiger partial charge in [-0.3, -0.25) is 14.7 Å². The van der Waals surface area contributed by atoms with Gasteiger partial charge in [-0.1, -0.05) is 24.8 Å². The highest BCUT2D eigenvalue weighted by molar-refractivity contribution is 5.96. The zero-order valence-corrected chi connectivity index (χ0v) is 25.8. The Hall–Kier alpha value is -4.27. The topological polar surface area (TPSA) is 91.5 Å². The Kier molecular flexibility index (Phi) is 8.64. The smallest absolute Gasteiger partial charge is 0.318 e.